The van der Waals surface area contributed by atoms with Gasteiger partial charge < -0.3 is 14.6 Å². The second-order valence-electron chi connectivity index (χ2n) is 4.67. The molecule has 6 heteroatoms. The number of methoxy groups -OCH3 is 1. The maximum Gasteiger partial charge on any atom is 0.333 e. The highest BCUT2D eigenvalue weighted by Gasteiger charge is 2.34. The van der Waals surface area contributed by atoms with Crippen LogP contribution in [0.1, 0.15) is 20.3 Å². The molecule has 1 aliphatic heterocycles. The summed E-state index contributed by atoms with van der Waals surface area (Å²) in [5.41, 5.74) is 0. The van der Waals surface area contributed by atoms with Crippen molar-refractivity contribution in [3.05, 3.63) is 29.8 Å². The van der Waals surface area contributed by atoms with Gasteiger partial charge in [0.15, 0.2) is 17.7 Å². The van der Waals surface area contributed by atoms with E-state index < -0.39 is 23.7 Å². The number of rotatable bonds is 2. The normalized spacial score (nSPS) is 24.8. The average Bonchev–Trinajstić information content (AvgIpc) is 2.73. The van der Waals surface area contributed by atoms with Gasteiger partial charge in [-0.3, -0.25) is 0 Å². The monoisotopic (exact) mass is 288 g/mol. The number of benzene rings is 1. The van der Waals surface area contributed by atoms with Crippen LogP contribution in [-0.2, 0) is 9.53 Å². The molecule has 112 valence electrons. The summed E-state index contributed by atoms with van der Waals surface area (Å²) in [4.78, 5) is 10.4. The van der Waals surface area contributed by atoms with Gasteiger partial charge in [0, 0.05) is 0 Å². The predicted molar refractivity (Wildman–Crippen MR) is 68.7 cm³/mol. The Hall–Kier alpha value is -1.69. The number of aliphatic carboxylic acids is 1. The van der Waals surface area contributed by atoms with Crippen molar-refractivity contribution in [2.75, 3.05) is 7.11 Å². The predicted octanol–water partition coefficient (Wildman–Crippen LogP) is 2.86. The van der Waals surface area contributed by atoms with E-state index in [1.165, 1.54) is 19.2 Å². The number of halogens is 2. The molecule has 1 unspecified atom stereocenters. The van der Waals surface area contributed by atoms with Gasteiger partial charge in [0.2, 0.25) is 5.82 Å². The van der Waals surface area contributed by atoms with Gasteiger partial charge >= 0.3 is 5.97 Å². The third kappa shape index (κ3) is 4.16. The van der Waals surface area contributed by atoms with Crippen molar-refractivity contribution in [3.63, 3.8) is 0 Å². The molecular formula is C14H18F2O4. The molecule has 0 amide bonds. The third-order valence-electron chi connectivity index (χ3n) is 2.98. The molecule has 1 saturated heterocycles. The van der Waals surface area contributed by atoms with Crippen LogP contribution in [0.3, 0.4) is 0 Å². The lowest BCUT2D eigenvalue weighted by Crippen LogP contribution is -2.24. The zero-order chi connectivity index (χ0) is 15.3. The van der Waals surface area contributed by atoms with Crippen molar-refractivity contribution in [1.29, 1.82) is 0 Å². The van der Waals surface area contributed by atoms with Gasteiger partial charge in [-0.25, -0.2) is 9.18 Å². The molecule has 2 rings (SSSR count). The molecule has 1 heterocycles. The smallest absolute Gasteiger partial charge is 0.333 e. The molecule has 1 aromatic carbocycles. The number of carbonyl (C=O) groups is 1. The number of ether oxygens (including phenoxy) is 2. The molecule has 0 aliphatic carbocycles. The molecule has 1 fully saturated rings. The van der Waals surface area contributed by atoms with E-state index in [9.17, 15) is 13.6 Å². The fourth-order valence-corrected chi connectivity index (χ4v) is 2.03. The van der Waals surface area contributed by atoms with Crippen molar-refractivity contribution >= 4 is 5.97 Å². The highest BCUT2D eigenvalue weighted by atomic mass is 19.2. The lowest BCUT2D eigenvalue weighted by Gasteiger charge is -2.07. The maximum absolute atomic E-state index is 12.5. The Balaban J connectivity index is 0.000000200. The molecule has 4 nitrogen and oxygen atoms in total. The minimum Gasteiger partial charge on any atom is -0.494 e. The Morgan fingerprint density at radius 2 is 2.05 bits per heavy atom. The van der Waals surface area contributed by atoms with E-state index in [2.05, 4.69) is 4.74 Å². The molecule has 3 atom stereocenters. The summed E-state index contributed by atoms with van der Waals surface area (Å²) in [5.74, 6) is -2.58. The Morgan fingerprint density at radius 3 is 2.40 bits per heavy atom. The molecule has 0 bridgehead atoms. The van der Waals surface area contributed by atoms with Gasteiger partial charge in [-0.05, 0) is 31.4 Å². The van der Waals surface area contributed by atoms with Gasteiger partial charge in [-0.2, -0.15) is 4.39 Å². The van der Waals surface area contributed by atoms with E-state index in [1.807, 2.05) is 13.8 Å². The number of hydrogen-bond donors (Lipinski definition) is 1. The van der Waals surface area contributed by atoms with Crippen molar-refractivity contribution < 1.29 is 28.2 Å². The minimum absolute atomic E-state index is 0.0694. The minimum atomic E-state index is -0.940. The fourth-order valence-electron chi connectivity index (χ4n) is 2.03. The molecule has 1 aliphatic rings. The van der Waals surface area contributed by atoms with E-state index in [0.717, 1.165) is 12.5 Å². The van der Waals surface area contributed by atoms with Crippen molar-refractivity contribution in [1.82, 2.24) is 0 Å². The van der Waals surface area contributed by atoms with Crippen LogP contribution in [0.5, 0.6) is 5.75 Å². The number of carboxylic acids is 1. The summed E-state index contributed by atoms with van der Waals surface area (Å²) in [6.45, 7) is 3.81. The van der Waals surface area contributed by atoms with Crippen molar-refractivity contribution in [2.24, 2.45) is 5.92 Å². The summed E-state index contributed by atoms with van der Waals surface area (Å²) < 4.78 is 34.5. The molecule has 20 heavy (non-hydrogen) atoms. The molecule has 1 N–H and O–H groups in total. The van der Waals surface area contributed by atoms with E-state index in [0.29, 0.717) is 0 Å². The number of hydrogen-bond acceptors (Lipinski definition) is 3. The largest absolute Gasteiger partial charge is 0.494 e. The van der Waals surface area contributed by atoms with Gasteiger partial charge in [0.05, 0.1) is 13.2 Å². The van der Waals surface area contributed by atoms with Crippen LogP contribution < -0.4 is 4.74 Å². The summed E-state index contributed by atoms with van der Waals surface area (Å²) in [7, 11) is 1.29. The first-order valence-electron chi connectivity index (χ1n) is 6.23. The van der Waals surface area contributed by atoms with Crippen LogP contribution in [-0.4, -0.2) is 30.4 Å². The molecular weight excluding hydrogens is 270 g/mol. The van der Waals surface area contributed by atoms with Gasteiger partial charge in [-0.15, -0.1) is 0 Å². The van der Waals surface area contributed by atoms with E-state index in [4.69, 9.17) is 9.84 Å². The van der Waals surface area contributed by atoms with Crippen LogP contribution in [0, 0.1) is 17.6 Å². The Kier molecular flexibility index (Phi) is 5.88. The van der Waals surface area contributed by atoms with Crippen LogP contribution in [0.2, 0.25) is 0 Å². The topological polar surface area (TPSA) is 55.8 Å². The Labute approximate surface area is 116 Å². The zero-order valence-corrected chi connectivity index (χ0v) is 11.6. The van der Waals surface area contributed by atoms with Gasteiger partial charge in [0.25, 0.3) is 0 Å². The van der Waals surface area contributed by atoms with Crippen LogP contribution in [0.25, 0.3) is 0 Å². The van der Waals surface area contributed by atoms with E-state index in [-0.39, 0.29) is 17.8 Å². The van der Waals surface area contributed by atoms with E-state index >= 15 is 0 Å². The first-order valence-corrected chi connectivity index (χ1v) is 6.23. The maximum atomic E-state index is 12.5. The summed E-state index contributed by atoms with van der Waals surface area (Å²) in [6.07, 6.45) is 0.392. The van der Waals surface area contributed by atoms with Crippen molar-refractivity contribution in [2.45, 2.75) is 32.5 Å². The zero-order valence-electron chi connectivity index (χ0n) is 11.6. The Bertz CT molecular complexity index is 464. The summed E-state index contributed by atoms with van der Waals surface area (Å²) in [5, 5.41) is 8.58. The lowest BCUT2D eigenvalue weighted by atomic mass is 10.0. The highest BCUT2D eigenvalue weighted by Crippen LogP contribution is 2.25. The molecule has 0 radical (unpaired) electrons. The average molecular weight is 288 g/mol. The molecule has 0 spiro atoms. The lowest BCUT2D eigenvalue weighted by molar-refractivity contribution is -0.150. The Morgan fingerprint density at radius 1 is 1.40 bits per heavy atom. The van der Waals surface area contributed by atoms with Crippen LogP contribution in [0.15, 0.2) is 18.2 Å². The molecule has 0 saturated carbocycles. The SMILES string of the molecule is CC1C[C@@H](C)O[C@H]1C(=O)O.COc1cccc(F)c1F. The number of carboxylic acid groups (broad SMARTS) is 1. The first-order chi connectivity index (χ1) is 9.36. The molecule has 0 aromatic heterocycles. The van der Waals surface area contributed by atoms with Crippen molar-refractivity contribution in [3.8, 4) is 5.75 Å². The fraction of sp³-hybridized carbons (Fsp3) is 0.500. The van der Waals surface area contributed by atoms with Gasteiger partial charge in [0.1, 0.15) is 0 Å². The quantitative estimate of drug-likeness (QED) is 0.909. The first kappa shape index (κ1) is 16.4. The highest BCUT2D eigenvalue weighted by molar-refractivity contribution is 5.73. The standard InChI is InChI=1S/C7H6F2O.C7H12O3/c1-10-6-4-2-3-5(8)7(6)9;1-4-3-5(2)10-6(4)7(8)9/h2-4H,1H3;4-6H,3H2,1-2H3,(H,8,9)/t;4?,5-,6-/m.1/s1. The summed E-state index contributed by atoms with van der Waals surface area (Å²) >= 11 is 0. The summed E-state index contributed by atoms with van der Waals surface area (Å²) in [6, 6.07) is 3.79. The van der Waals surface area contributed by atoms with Gasteiger partial charge in [-0.1, -0.05) is 13.0 Å². The van der Waals surface area contributed by atoms with Crippen LogP contribution in [0.4, 0.5) is 8.78 Å². The third-order valence-corrected chi connectivity index (χ3v) is 2.98. The van der Waals surface area contributed by atoms with Crippen LogP contribution >= 0.6 is 0 Å². The second kappa shape index (κ2) is 7.19. The molecule has 1 aromatic rings. The van der Waals surface area contributed by atoms with E-state index in [1.54, 1.807) is 0 Å². The second-order valence-corrected chi connectivity index (χ2v) is 4.67.